The van der Waals surface area contributed by atoms with Gasteiger partial charge in [-0.2, -0.15) is 0 Å². The van der Waals surface area contributed by atoms with Crippen molar-refractivity contribution in [2.45, 2.75) is 15.2 Å². The summed E-state index contributed by atoms with van der Waals surface area (Å²) in [6.45, 7) is 0. The van der Waals surface area contributed by atoms with Crippen LogP contribution in [0.4, 0.5) is 17.1 Å². The van der Waals surface area contributed by atoms with E-state index in [1.807, 2.05) is 11.8 Å². The lowest BCUT2D eigenvalue weighted by Gasteiger charge is -2.46. The van der Waals surface area contributed by atoms with Crippen LogP contribution in [0.5, 0.6) is 0 Å². The molecule has 0 fully saturated rings. The van der Waals surface area contributed by atoms with Crippen LogP contribution in [-0.2, 0) is 5.41 Å². The molecule has 1 unspecified atom stereocenters. The molecule has 0 amide bonds. The zero-order valence-corrected chi connectivity index (χ0v) is 31.2. The molecule has 0 bridgehead atoms. The number of anilines is 3. The maximum atomic E-state index is 2.49. The van der Waals surface area contributed by atoms with Crippen molar-refractivity contribution in [3.05, 3.63) is 229 Å². The van der Waals surface area contributed by atoms with Gasteiger partial charge in [0.05, 0.1) is 16.4 Å². The molecule has 1 atom stereocenters. The Kier molecular flexibility index (Phi) is 6.81. The normalized spacial score (nSPS) is 15.1. The van der Waals surface area contributed by atoms with E-state index >= 15 is 0 Å². The molecular weight excluding hydrogens is 697 g/mol. The molecule has 12 rings (SSSR count). The summed E-state index contributed by atoms with van der Waals surface area (Å²) in [5.41, 5.74) is 14.3. The van der Waals surface area contributed by atoms with Crippen molar-refractivity contribution >= 4 is 61.4 Å². The van der Waals surface area contributed by atoms with Crippen molar-refractivity contribution in [2.24, 2.45) is 0 Å². The van der Waals surface area contributed by atoms with E-state index in [2.05, 4.69) is 216 Å². The molecule has 0 radical (unpaired) electrons. The monoisotopic (exact) mass is 730 g/mol. The van der Waals surface area contributed by atoms with Crippen molar-refractivity contribution in [1.82, 2.24) is 4.57 Å². The second kappa shape index (κ2) is 12.1. The van der Waals surface area contributed by atoms with E-state index < -0.39 is 5.41 Å². The average Bonchev–Trinajstić information content (AvgIpc) is 3.60. The number of fused-ring (bicyclic) bond motifs is 11. The summed E-state index contributed by atoms with van der Waals surface area (Å²) in [6, 6.07) is 76.4. The lowest BCUT2D eigenvalue weighted by molar-refractivity contribution is 0.707. The Balaban J connectivity index is 1.14. The highest BCUT2D eigenvalue weighted by Gasteiger charge is 2.48. The molecule has 0 N–H and O–H groups in total. The van der Waals surface area contributed by atoms with E-state index in [-0.39, 0.29) is 0 Å². The number of hydrogen-bond donors (Lipinski definition) is 0. The Morgan fingerprint density at radius 3 is 1.89 bits per heavy atom. The van der Waals surface area contributed by atoms with E-state index in [9.17, 15) is 0 Å². The fraction of sp³-hybridized carbons (Fsp3) is 0.0189. The smallest absolute Gasteiger partial charge is 0.0736 e. The van der Waals surface area contributed by atoms with Crippen LogP contribution in [-0.4, -0.2) is 4.57 Å². The Labute approximate surface area is 329 Å². The number of hydrogen-bond acceptors (Lipinski definition) is 2. The predicted molar refractivity (Wildman–Crippen MR) is 234 cm³/mol. The topological polar surface area (TPSA) is 8.17 Å². The van der Waals surface area contributed by atoms with Crippen LogP contribution in [0.2, 0.25) is 0 Å². The van der Waals surface area contributed by atoms with Gasteiger partial charge in [-0.1, -0.05) is 145 Å². The summed E-state index contributed by atoms with van der Waals surface area (Å²) in [4.78, 5) is 5.03. The van der Waals surface area contributed by atoms with Gasteiger partial charge < -0.3 is 9.47 Å². The third-order valence-electron chi connectivity index (χ3n) is 12.0. The fourth-order valence-corrected chi connectivity index (χ4v) is 11.0. The van der Waals surface area contributed by atoms with Crippen molar-refractivity contribution in [2.75, 3.05) is 4.90 Å². The van der Waals surface area contributed by atoms with Gasteiger partial charge in [-0.15, -0.1) is 0 Å². The molecular formula is C53H34N2S. The number of aromatic nitrogens is 1. The maximum Gasteiger partial charge on any atom is 0.0736 e. The van der Waals surface area contributed by atoms with E-state index in [0.717, 1.165) is 22.7 Å². The number of benzene rings is 9. The summed E-state index contributed by atoms with van der Waals surface area (Å²) < 4.78 is 2.39. The SMILES string of the molecule is c1ccc(N(c2ccc3c(c2)C2(c4ccccc4S3)c3ccccc3-c3cccc4cccc2c34)c2ccc3c(c2)c2ccccc2n3-c2ccccc2)cc1. The molecule has 1 spiro atoms. The minimum atomic E-state index is -0.521. The van der Waals surface area contributed by atoms with Crippen molar-refractivity contribution < 1.29 is 0 Å². The van der Waals surface area contributed by atoms with Crippen LogP contribution in [0.15, 0.2) is 216 Å². The Bertz CT molecular complexity index is 3180. The Hall–Kier alpha value is -6.81. The van der Waals surface area contributed by atoms with Crippen LogP contribution < -0.4 is 4.90 Å². The quantitative estimate of drug-likeness (QED) is 0.178. The maximum absolute atomic E-state index is 2.49. The van der Waals surface area contributed by atoms with Crippen LogP contribution in [0.1, 0.15) is 22.3 Å². The number of para-hydroxylation sites is 3. The van der Waals surface area contributed by atoms with Crippen molar-refractivity contribution in [3.8, 4) is 16.8 Å². The third kappa shape index (κ3) is 4.35. The summed E-state index contributed by atoms with van der Waals surface area (Å²) in [5.74, 6) is 0. The van der Waals surface area contributed by atoms with Crippen molar-refractivity contribution in [1.29, 1.82) is 0 Å². The molecule has 1 aliphatic heterocycles. The summed E-state index contributed by atoms with van der Waals surface area (Å²) in [6.07, 6.45) is 0. The average molecular weight is 731 g/mol. The fourth-order valence-electron chi connectivity index (χ4n) is 9.80. The largest absolute Gasteiger partial charge is 0.310 e. The second-order valence-corrected chi connectivity index (χ2v) is 15.9. The van der Waals surface area contributed by atoms with Gasteiger partial charge in [0, 0.05) is 43.3 Å². The first-order chi connectivity index (χ1) is 27.8. The molecule has 0 saturated heterocycles. The van der Waals surface area contributed by atoms with E-state index in [4.69, 9.17) is 0 Å². The minimum absolute atomic E-state index is 0.521. The highest BCUT2D eigenvalue weighted by Crippen LogP contribution is 2.62. The highest BCUT2D eigenvalue weighted by molar-refractivity contribution is 7.99. The van der Waals surface area contributed by atoms with Gasteiger partial charge >= 0.3 is 0 Å². The van der Waals surface area contributed by atoms with Crippen LogP contribution in [0, 0.1) is 0 Å². The molecule has 9 aromatic carbocycles. The van der Waals surface area contributed by atoms with Crippen LogP contribution >= 0.6 is 11.8 Å². The molecule has 1 aliphatic carbocycles. The molecule has 56 heavy (non-hydrogen) atoms. The lowest BCUT2D eigenvalue weighted by atomic mass is 9.59. The molecule has 1 aromatic heterocycles. The molecule has 3 heteroatoms. The molecule has 10 aromatic rings. The highest BCUT2D eigenvalue weighted by atomic mass is 32.2. The van der Waals surface area contributed by atoms with Crippen molar-refractivity contribution in [3.63, 3.8) is 0 Å². The zero-order valence-electron chi connectivity index (χ0n) is 30.4. The zero-order chi connectivity index (χ0) is 36.8. The molecule has 2 nitrogen and oxygen atoms in total. The van der Waals surface area contributed by atoms with E-state index in [0.29, 0.717) is 0 Å². The summed E-state index contributed by atoms with van der Waals surface area (Å²) in [7, 11) is 0. The third-order valence-corrected chi connectivity index (χ3v) is 13.2. The van der Waals surface area contributed by atoms with E-state index in [1.165, 1.54) is 75.7 Å². The Morgan fingerprint density at radius 1 is 0.393 bits per heavy atom. The summed E-state index contributed by atoms with van der Waals surface area (Å²) in [5, 5.41) is 5.08. The van der Waals surface area contributed by atoms with Crippen LogP contribution in [0.25, 0.3) is 49.4 Å². The van der Waals surface area contributed by atoms with Gasteiger partial charge in [0.15, 0.2) is 0 Å². The predicted octanol–water partition coefficient (Wildman–Crippen LogP) is 14.2. The second-order valence-electron chi connectivity index (χ2n) is 14.8. The first kappa shape index (κ1) is 31.5. The van der Waals surface area contributed by atoms with Gasteiger partial charge in [0.25, 0.3) is 0 Å². The first-order valence-corrected chi connectivity index (χ1v) is 20.1. The van der Waals surface area contributed by atoms with Gasteiger partial charge in [0.1, 0.15) is 0 Å². The van der Waals surface area contributed by atoms with E-state index in [1.54, 1.807) is 0 Å². The lowest BCUT2D eigenvalue weighted by Crippen LogP contribution is -2.36. The Morgan fingerprint density at radius 2 is 1.02 bits per heavy atom. The van der Waals surface area contributed by atoms with Gasteiger partial charge in [-0.05, 0) is 117 Å². The van der Waals surface area contributed by atoms with Gasteiger partial charge in [-0.25, -0.2) is 0 Å². The summed E-state index contributed by atoms with van der Waals surface area (Å²) >= 11 is 1.89. The first-order valence-electron chi connectivity index (χ1n) is 19.3. The number of rotatable bonds is 4. The van der Waals surface area contributed by atoms with Gasteiger partial charge in [-0.3, -0.25) is 0 Å². The number of nitrogens with zero attached hydrogens (tertiary/aromatic N) is 2. The van der Waals surface area contributed by atoms with Crippen LogP contribution in [0.3, 0.4) is 0 Å². The molecule has 2 heterocycles. The molecule has 262 valence electrons. The minimum Gasteiger partial charge on any atom is -0.310 e. The molecule has 2 aliphatic rings. The standard InChI is InChI=1S/C53H34N2S/c1-3-17-36(18-4-1)54(38-29-31-49-43(33-38)41-22-8-11-27-48(41)55(49)37-19-5-2-6-20-37)39-30-32-51-47(34-39)53(45-25-10-12-28-50(45)56-51)44-24-9-7-21-40(44)42-23-13-15-35-16-14-26-46(53)52(35)42/h1-34H. The van der Waals surface area contributed by atoms with Gasteiger partial charge in [0.2, 0.25) is 0 Å². The molecule has 0 saturated carbocycles.